The number of amides is 2. The summed E-state index contributed by atoms with van der Waals surface area (Å²) in [7, 11) is 0. The fourth-order valence-electron chi connectivity index (χ4n) is 1.76. The number of hydrogen-bond donors (Lipinski definition) is 0. The van der Waals surface area contributed by atoms with Gasteiger partial charge in [-0.05, 0) is 48.5 Å². The maximum atomic E-state index is 12.6. The molecular formula is C16H10F2N2O3S. The Hall–Kier alpha value is -2.83. The van der Waals surface area contributed by atoms with E-state index in [0.29, 0.717) is 11.4 Å². The summed E-state index contributed by atoms with van der Waals surface area (Å²) in [6, 6.07) is 10.5. The van der Waals surface area contributed by atoms with E-state index in [0.717, 1.165) is 16.7 Å². The highest BCUT2D eigenvalue weighted by molar-refractivity contribution is 8.15. The van der Waals surface area contributed by atoms with E-state index >= 15 is 0 Å². The smallest absolute Gasteiger partial charge is 0.273 e. The van der Waals surface area contributed by atoms with Gasteiger partial charge in [-0.25, -0.2) is 18.5 Å². The largest absolute Gasteiger partial charge is 0.293 e. The van der Waals surface area contributed by atoms with Gasteiger partial charge in [-0.1, -0.05) is 11.8 Å². The van der Waals surface area contributed by atoms with Crippen molar-refractivity contribution >= 4 is 40.4 Å². The third-order valence-electron chi connectivity index (χ3n) is 2.84. The van der Waals surface area contributed by atoms with E-state index in [1.807, 2.05) is 0 Å². The molecule has 1 aliphatic heterocycles. The van der Waals surface area contributed by atoms with Gasteiger partial charge in [0.05, 0.1) is 17.1 Å². The number of halogens is 2. The van der Waals surface area contributed by atoms with Crippen molar-refractivity contribution < 1.29 is 23.2 Å². The molecule has 2 amide bonds. The summed E-state index contributed by atoms with van der Waals surface area (Å²) in [6.45, 7) is 0. The van der Waals surface area contributed by atoms with Gasteiger partial charge in [-0.15, -0.1) is 0 Å². The Bertz CT molecular complexity index is 772. The second-order valence-corrected chi connectivity index (χ2v) is 5.37. The van der Waals surface area contributed by atoms with Crippen LogP contribution in [0.5, 0.6) is 0 Å². The number of thioether (sulfide) groups is 1. The molecule has 0 bridgehead atoms. The molecule has 0 radical (unpaired) electrons. The minimum Gasteiger partial charge on any atom is -0.273 e. The average Bonchev–Trinajstić information content (AvgIpc) is 2.90. The maximum Gasteiger partial charge on any atom is 0.293 e. The zero-order chi connectivity index (χ0) is 17.5. The second kappa shape index (κ2) is 8.14. The van der Waals surface area contributed by atoms with E-state index in [1.165, 1.54) is 54.6 Å². The van der Waals surface area contributed by atoms with Crippen molar-refractivity contribution in [3.8, 4) is 0 Å². The van der Waals surface area contributed by atoms with Crippen LogP contribution in [0.4, 0.5) is 25.0 Å². The minimum atomic E-state index is -0.388. The standard InChI is InChI=1S/C9H6FNO2S.C7H4FNO/c10-6-1-3-7(4-2-6)11-8(12)5-14-9(11)13;8-6-1-3-7(4-2-6)9-5-10/h1-4H,5H2;1-4H. The fraction of sp³-hybridized carbons (Fsp3) is 0.0625. The summed E-state index contributed by atoms with van der Waals surface area (Å²) in [5, 5.41) is -0.304. The van der Waals surface area contributed by atoms with Crippen molar-refractivity contribution in [2.24, 2.45) is 4.99 Å². The van der Waals surface area contributed by atoms with Gasteiger partial charge in [0.1, 0.15) is 11.6 Å². The second-order valence-electron chi connectivity index (χ2n) is 4.44. The van der Waals surface area contributed by atoms with Gasteiger partial charge >= 0.3 is 0 Å². The van der Waals surface area contributed by atoms with Crippen molar-refractivity contribution in [3.05, 3.63) is 60.2 Å². The summed E-state index contributed by atoms with van der Waals surface area (Å²) in [5.74, 6) is -0.826. The van der Waals surface area contributed by atoms with Crippen molar-refractivity contribution in [1.82, 2.24) is 0 Å². The molecule has 0 atom stereocenters. The SMILES string of the molecule is O=C1CSC(=O)N1c1ccc(F)cc1.O=C=Nc1ccc(F)cc1. The number of carbonyl (C=O) groups is 2. The molecule has 0 aromatic heterocycles. The number of isocyanates is 1. The van der Waals surface area contributed by atoms with E-state index in [9.17, 15) is 23.2 Å². The Morgan fingerprint density at radius 2 is 1.50 bits per heavy atom. The molecule has 0 unspecified atom stereocenters. The van der Waals surface area contributed by atoms with Gasteiger partial charge in [0.15, 0.2) is 0 Å². The van der Waals surface area contributed by atoms with Gasteiger partial charge in [0.2, 0.25) is 12.0 Å². The van der Waals surface area contributed by atoms with Gasteiger partial charge in [0.25, 0.3) is 5.24 Å². The molecule has 1 saturated heterocycles. The summed E-state index contributed by atoms with van der Waals surface area (Å²) in [4.78, 5) is 36.5. The van der Waals surface area contributed by atoms with E-state index in [1.54, 1.807) is 0 Å². The predicted molar refractivity (Wildman–Crippen MR) is 85.9 cm³/mol. The summed E-state index contributed by atoms with van der Waals surface area (Å²) >= 11 is 0.956. The maximum absolute atomic E-state index is 12.6. The molecule has 0 aliphatic carbocycles. The van der Waals surface area contributed by atoms with Crippen LogP contribution in [0.15, 0.2) is 53.5 Å². The monoisotopic (exact) mass is 348 g/mol. The highest BCUT2D eigenvalue weighted by atomic mass is 32.2. The number of hydrogen-bond acceptors (Lipinski definition) is 5. The molecule has 8 heteroatoms. The average molecular weight is 348 g/mol. The van der Waals surface area contributed by atoms with Crippen LogP contribution < -0.4 is 4.90 Å². The quantitative estimate of drug-likeness (QED) is 0.611. The Labute approximate surface area is 140 Å². The zero-order valence-electron chi connectivity index (χ0n) is 12.1. The lowest BCUT2D eigenvalue weighted by Gasteiger charge is -2.11. The molecule has 0 saturated carbocycles. The van der Waals surface area contributed by atoms with E-state index < -0.39 is 0 Å². The minimum absolute atomic E-state index is 0.163. The third-order valence-corrected chi connectivity index (χ3v) is 3.66. The molecule has 1 fully saturated rings. The summed E-state index contributed by atoms with van der Waals surface area (Å²) < 4.78 is 24.8. The Kier molecular flexibility index (Phi) is 5.95. The summed E-state index contributed by atoms with van der Waals surface area (Å²) in [6.07, 6.45) is 1.36. The van der Waals surface area contributed by atoms with Crippen molar-refractivity contribution in [2.75, 3.05) is 10.7 Å². The van der Waals surface area contributed by atoms with Crippen molar-refractivity contribution in [1.29, 1.82) is 0 Å². The van der Waals surface area contributed by atoms with Crippen LogP contribution in [-0.4, -0.2) is 23.0 Å². The van der Waals surface area contributed by atoms with Gasteiger partial charge < -0.3 is 0 Å². The van der Waals surface area contributed by atoms with Gasteiger partial charge in [-0.2, -0.15) is 4.99 Å². The van der Waals surface area contributed by atoms with Crippen LogP contribution in [-0.2, 0) is 9.59 Å². The lowest BCUT2D eigenvalue weighted by atomic mass is 10.3. The number of carbonyl (C=O) groups excluding carboxylic acids is 3. The molecule has 5 nitrogen and oxygen atoms in total. The molecule has 2 aromatic rings. The van der Waals surface area contributed by atoms with E-state index in [-0.39, 0.29) is 28.5 Å². The first-order chi connectivity index (χ1) is 11.5. The lowest BCUT2D eigenvalue weighted by molar-refractivity contribution is -0.115. The molecule has 2 aromatic carbocycles. The molecule has 0 spiro atoms. The Balaban J connectivity index is 0.000000185. The lowest BCUT2D eigenvalue weighted by Crippen LogP contribution is -2.27. The van der Waals surface area contributed by atoms with Crippen LogP contribution in [0.1, 0.15) is 0 Å². The van der Waals surface area contributed by atoms with E-state index in [4.69, 9.17) is 0 Å². The normalized spacial score (nSPS) is 13.2. The first-order valence-corrected chi connectivity index (χ1v) is 7.58. The first kappa shape index (κ1) is 17.5. The Morgan fingerprint density at radius 3 is 1.96 bits per heavy atom. The number of aliphatic imine (C=N–C) groups is 1. The number of benzene rings is 2. The highest BCUT2D eigenvalue weighted by Gasteiger charge is 2.31. The number of rotatable bonds is 2. The zero-order valence-corrected chi connectivity index (χ0v) is 12.9. The van der Waals surface area contributed by atoms with Crippen LogP contribution in [0.3, 0.4) is 0 Å². The van der Waals surface area contributed by atoms with Gasteiger partial charge in [0, 0.05) is 0 Å². The number of anilines is 1. The van der Waals surface area contributed by atoms with E-state index in [2.05, 4.69) is 4.99 Å². The van der Waals surface area contributed by atoms with Crippen LogP contribution in [0, 0.1) is 11.6 Å². The third kappa shape index (κ3) is 4.58. The topological polar surface area (TPSA) is 66.8 Å². The van der Waals surface area contributed by atoms with Crippen LogP contribution in [0.25, 0.3) is 0 Å². The fourth-order valence-corrected chi connectivity index (χ4v) is 2.47. The van der Waals surface area contributed by atoms with Crippen LogP contribution >= 0.6 is 11.8 Å². The first-order valence-electron chi connectivity index (χ1n) is 6.60. The molecule has 24 heavy (non-hydrogen) atoms. The van der Waals surface area contributed by atoms with Crippen molar-refractivity contribution in [2.45, 2.75) is 0 Å². The predicted octanol–water partition coefficient (Wildman–Crippen LogP) is 3.82. The highest BCUT2D eigenvalue weighted by Crippen LogP contribution is 2.26. The summed E-state index contributed by atoms with van der Waals surface area (Å²) in [5.41, 5.74) is 0.836. The molecule has 1 heterocycles. The molecule has 3 rings (SSSR count). The number of nitrogens with zero attached hydrogens (tertiary/aromatic N) is 2. The Morgan fingerprint density at radius 1 is 0.958 bits per heavy atom. The molecular weight excluding hydrogens is 338 g/mol. The van der Waals surface area contributed by atoms with Gasteiger partial charge in [-0.3, -0.25) is 9.59 Å². The number of imide groups is 1. The molecule has 0 N–H and O–H groups in total. The van der Waals surface area contributed by atoms with Crippen LogP contribution in [0.2, 0.25) is 0 Å². The van der Waals surface area contributed by atoms with Crippen molar-refractivity contribution in [3.63, 3.8) is 0 Å². The molecule has 1 aliphatic rings. The molecule has 122 valence electrons.